The Morgan fingerprint density at radius 2 is 1.66 bits per heavy atom. The van der Waals surface area contributed by atoms with E-state index < -0.39 is 26.8 Å². The van der Waals surface area contributed by atoms with Gasteiger partial charge in [0.1, 0.15) is 10.6 Å². The molecule has 0 aliphatic carbocycles. The highest BCUT2D eigenvalue weighted by atomic mass is 32.2. The molecule has 0 bridgehead atoms. The van der Waals surface area contributed by atoms with Crippen LogP contribution in [0.1, 0.15) is 5.56 Å². The number of halogens is 3. The zero-order valence-corrected chi connectivity index (χ0v) is 16.1. The number of guanidine groups is 1. The molecule has 0 spiro atoms. The molecule has 3 rings (SSSR count). The van der Waals surface area contributed by atoms with Crippen molar-refractivity contribution in [1.82, 2.24) is 4.98 Å². The highest BCUT2D eigenvalue weighted by molar-refractivity contribution is 7.87. The molecule has 12 heteroatoms. The van der Waals surface area contributed by atoms with E-state index in [1.54, 1.807) is 17.5 Å². The van der Waals surface area contributed by atoms with E-state index in [0.29, 0.717) is 28.5 Å². The van der Waals surface area contributed by atoms with Crippen LogP contribution in [0.2, 0.25) is 0 Å². The third kappa shape index (κ3) is 5.03. The number of benzene rings is 2. The van der Waals surface area contributed by atoms with Crippen LogP contribution < -0.4 is 15.7 Å². The van der Waals surface area contributed by atoms with E-state index in [4.69, 9.17) is 15.7 Å². The molecule has 1 heterocycles. The smallest absolute Gasteiger partial charge is 0.379 e. The molecule has 152 valence electrons. The van der Waals surface area contributed by atoms with Crippen molar-refractivity contribution in [2.24, 2.45) is 16.5 Å². The molecule has 4 N–H and O–H groups in total. The van der Waals surface area contributed by atoms with Crippen molar-refractivity contribution in [3.05, 3.63) is 59.5 Å². The first-order valence-corrected chi connectivity index (χ1v) is 10.1. The number of hydrogen-bond acceptors (Lipinski definition) is 6. The Hall–Kier alpha value is -3.12. The van der Waals surface area contributed by atoms with Crippen LogP contribution >= 0.6 is 11.3 Å². The lowest BCUT2D eigenvalue weighted by Crippen LogP contribution is -2.21. The zero-order chi connectivity index (χ0) is 21.2. The number of aromatic nitrogens is 1. The van der Waals surface area contributed by atoms with E-state index in [1.807, 2.05) is 0 Å². The predicted molar refractivity (Wildman–Crippen MR) is 102 cm³/mol. The molecule has 0 atom stereocenters. The van der Waals surface area contributed by atoms with Crippen molar-refractivity contribution < 1.29 is 25.8 Å². The van der Waals surface area contributed by atoms with Gasteiger partial charge in [-0.05, 0) is 48.5 Å². The number of rotatable bonds is 5. The van der Waals surface area contributed by atoms with Crippen LogP contribution in [0, 0.1) is 0 Å². The van der Waals surface area contributed by atoms with E-state index >= 15 is 0 Å². The number of nitrogens with zero attached hydrogens (tertiary/aromatic N) is 2. The largest absolute Gasteiger partial charge is 0.416 e. The Morgan fingerprint density at radius 1 is 1.03 bits per heavy atom. The third-order valence-electron chi connectivity index (χ3n) is 3.54. The molecule has 0 saturated carbocycles. The van der Waals surface area contributed by atoms with Gasteiger partial charge in [0.15, 0.2) is 5.96 Å². The van der Waals surface area contributed by atoms with Crippen molar-refractivity contribution in [3.8, 4) is 17.0 Å². The van der Waals surface area contributed by atoms with Crippen molar-refractivity contribution in [2.75, 3.05) is 0 Å². The van der Waals surface area contributed by atoms with Crippen LogP contribution in [0.15, 0.2) is 63.8 Å². The maximum atomic E-state index is 12.6. The summed E-state index contributed by atoms with van der Waals surface area (Å²) in [5, 5.41) is 2.08. The van der Waals surface area contributed by atoms with Crippen LogP contribution in [0.3, 0.4) is 0 Å². The van der Waals surface area contributed by atoms with Crippen LogP contribution in [-0.2, 0) is 16.3 Å². The summed E-state index contributed by atoms with van der Waals surface area (Å²) in [5.74, 6) is -0.128. The molecule has 0 amide bonds. The van der Waals surface area contributed by atoms with E-state index in [9.17, 15) is 21.6 Å². The van der Waals surface area contributed by atoms with E-state index in [0.717, 1.165) is 12.1 Å². The fourth-order valence-corrected chi connectivity index (χ4v) is 3.87. The molecule has 0 aliphatic rings. The van der Waals surface area contributed by atoms with Crippen LogP contribution in [-0.4, -0.2) is 19.4 Å². The molecular formula is C17H13F3N4O3S2. The van der Waals surface area contributed by atoms with E-state index in [2.05, 4.69) is 9.98 Å². The maximum absolute atomic E-state index is 12.6. The van der Waals surface area contributed by atoms with Crippen LogP contribution in [0.25, 0.3) is 11.3 Å². The summed E-state index contributed by atoms with van der Waals surface area (Å²) in [5.41, 5.74) is 10.9. The number of aliphatic imine (C=N–C) groups is 1. The van der Waals surface area contributed by atoms with Gasteiger partial charge in [-0.3, -0.25) is 0 Å². The minimum Gasteiger partial charge on any atom is -0.379 e. The summed E-state index contributed by atoms with van der Waals surface area (Å²) in [6.07, 6.45) is -4.56. The Bertz CT molecular complexity index is 1140. The summed E-state index contributed by atoms with van der Waals surface area (Å²) in [4.78, 5) is 7.66. The maximum Gasteiger partial charge on any atom is 0.416 e. The molecule has 29 heavy (non-hydrogen) atoms. The first-order chi connectivity index (χ1) is 13.5. The number of hydrogen-bond donors (Lipinski definition) is 2. The second kappa shape index (κ2) is 7.72. The van der Waals surface area contributed by atoms with Gasteiger partial charge in [0.05, 0.1) is 11.3 Å². The Morgan fingerprint density at radius 3 is 2.21 bits per heavy atom. The van der Waals surface area contributed by atoms with Crippen LogP contribution in [0.4, 0.5) is 18.3 Å². The predicted octanol–water partition coefficient (Wildman–Crippen LogP) is 3.50. The van der Waals surface area contributed by atoms with Crippen molar-refractivity contribution >= 4 is 32.5 Å². The van der Waals surface area contributed by atoms with Gasteiger partial charge in [0.2, 0.25) is 5.13 Å². The van der Waals surface area contributed by atoms with Crippen molar-refractivity contribution in [3.63, 3.8) is 0 Å². The first kappa shape index (κ1) is 20.6. The number of alkyl halides is 3. The first-order valence-electron chi connectivity index (χ1n) is 7.82. The quantitative estimate of drug-likeness (QED) is 0.354. The molecule has 3 aromatic rings. The Kier molecular flexibility index (Phi) is 5.48. The SMILES string of the molecule is NC(N)=Nc1nc(-c2ccc(OS(=O)(=O)c3ccc(C(F)(F)F)cc3)cc2)cs1. The number of thiazole rings is 1. The van der Waals surface area contributed by atoms with Gasteiger partial charge in [-0.25, -0.2) is 4.98 Å². The molecule has 1 aromatic heterocycles. The third-order valence-corrected chi connectivity index (χ3v) is 5.54. The standard InChI is InChI=1S/C17H13F3N4O3S2/c18-17(19,20)11-3-7-13(8-4-11)29(25,26)27-12-5-1-10(2-6-12)14-9-28-16(23-14)24-15(21)22/h1-9H,(H4,21,22,23,24). The molecule has 7 nitrogen and oxygen atoms in total. The van der Waals surface area contributed by atoms with Gasteiger partial charge in [0, 0.05) is 10.9 Å². The summed E-state index contributed by atoms with van der Waals surface area (Å²) >= 11 is 1.22. The summed E-state index contributed by atoms with van der Waals surface area (Å²) in [6, 6.07) is 8.98. The van der Waals surface area contributed by atoms with Gasteiger partial charge in [-0.2, -0.15) is 26.6 Å². The number of nitrogens with two attached hydrogens (primary N) is 2. The topological polar surface area (TPSA) is 121 Å². The molecule has 2 aromatic carbocycles. The molecule has 0 saturated heterocycles. The average Bonchev–Trinajstić information content (AvgIpc) is 3.09. The molecule has 0 radical (unpaired) electrons. The van der Waals surface area contributed by atoms with Crippen molar-refractivity contribution in [1.29, 1.82) is 0 Å². The van der Waals surface area contributed by atoms with Gasteiger partial charge in [0.25, 0.3) is 0 Å². The summed E-state index contributed by atoms with van der Waals surface area (Å²) < 4.78 is 67.3. The van der Waals surface area contributed by atoms with E-state index in [1.165, 1.54) is 23.5 Å². The zero-order valence-electron chi connectivity index (χ0n) is 14.4. The monoisotopic (exact) mass is 442 g/mol. The normalized spacial score (nSPS) is 11.8. The second-order valence-corrected chi connectivity index (χ2v) is 8.02. The van der Waals surface area contributed by atoms with E-state index in [-0.39, 0.29) is 11.7 Å². The minimum atomic E-state index is -4.56. The lowest BCUT2D eigenvalue weighted by atomic mass is 10.2. The summed E-state index contributed by atoms with van der Waals surface area (Å²) in [7, 11) is -4.29. The Balaban J connectivity index is 1.76. The molecule has 0 fully saturated rings. The lowest BCUT2D eigenvalue weighted by Gasteiger charge is -2.09. The van der Waals surface area contributed by atoms with Gasteiger partial charge < -0.3 is 15.7 Å². The van der Waals surface area contributed by atoms with Gasteiger partial charge >= 0.3 is 16.3 Å². The highest BCUT2D eigenvalue weighted by Gasteiger charge is 2.30. The van der Waals surface area contributed by atoms with Crippen LogP contribution in [0.5, 0.6) is 5.75 Å². The van der Waals surface area contributed by atoms with Gasteiger partial charge in [-0.1, -0.05) is 0 Å². The lowest BCUT2D eigenvalue weighted by molar-refractivity contribution is -0.137. The fraction of sp³-hybridized carbons (Fsp3) is 0.0588. The average molecular weight is 442 g/mol. The second-order valence-electron chi connectivity index (χ2n) is 5.64. The summed E-state index contributed by atoms with van der Waals surface area (Å²) in [6.45, 7) is 0. The Labute approximate surface area is 167 Å². The molecule has 0 aliphatic heterocycles. The molecule has 0 unspecified atom stereocenters. The fourth-order valence-electron chi connectivity index (χ4n) is 2.23. The van der Waals surface area contributed by atoms with Crippen molar-refractivity contribution in [2.45, 2.75) is 11.1 Å². The van der Waals surface area contributed by atoms with Gasteiger partial charge in [-0.15, -0.1) is 11.3 Å². The highest BCUT2D eigenvalue weighted by Crippen LogP contribution is 2.31. The minimum absolute atomic E-state index is 0.00618. The molecular weight excluding hydrogens is 429 g/mol.